The van der Waals surface area contributed by atoms with Crippen molar-refractivity contribution in [3.8, 4) is 39.8 Å². The van der Waals surface area contributed by atoms with Crippen LogP contribution in [-0.2, 0) is 0 Å². The zero-order valence-corrected chi connectivity index (χ0v) is 21.1. The van der Waals surface area contributed by atoms with E-state index in [9.17, 15) is 5.11 Å². The molecule has 0 aliphatic carbocycles. The Bertz CT molecular complexity index is 1300. The van der Waals surface area contributed by atoms with Gasteiger partial charge in [-0.05, 0) is 105 Å². The standard InChI is InChI=1S/C30H32N4O3/c1-20(27-5-3-4-18-31-27)37-26-16-10-23(11-17-26)32-30-33-28(21-6-12-24(35)13-7-21)19-29(34-30)22-8-14-25(36-2)15-9-22/h6-17,19-20,27,31,35H,3-5,18H2,1-2H3,(H,32,33,34). The van der Waals surface area contributed by atoms with E-state index < -0.39 is 0 Å². The van der Waals surface area contributed by atoms with E-state index in [-0.39, 0.29) is 11.9 Å². The van der Waals surface area contributed by atoms with Crippen LogP contribution < -0.4 is 20.1 Å². The third-order valence-corrected chi connectivity index (χ3v) is 6.62. The molecule has 7 heteroatoms. The highest BCUT2D eigenvalue weighted by Gasteiger charge is 2.20. The molecule has 1 saturated heterocycles. The van der Waals surface area contributed by atoms with Crippen molar-refractivity contribution < 1.29 is 14.6 Å². The highest BCUT2D eigenvalue weighted by Crippen LogP contribution is 2.29. The average Bonchev–Trinajstić information content (AvgIpc) is 2.95. The largest absolute Gasteiger partial charge is 0.508 e. The molecule has 7 nitrogen and oxygen atoms in total. The number of aromatic hydroxyl groups is 1. The van der Waals surface area contributed by atoms with Crippen LogP contribution in [0.3, 0.4) is 0 Å². The second-order valence-corrected chi connectivity index (χ2v) is 9.27. The monoisotopic (exact) mass is 496 g/mol. The third kappa shape index (κ3) is 6.19. The summed E-state index contributed by atoms with van der Waals surface area (Å²) in [6.45, 7) is 3.18. The first-order chi connectivity index (χ1) is 18.1. The van der Waals surface area contributed by atoms with Crippen molar-refractivity contribution in [1.82, 2.24) is 15.3 Å². The average molecular weight is 497 g/mol. The van der Waals surface area contributed by atoms with Gasteiger partial charge < -0.3 is 25.2 Å². The lowest BCUT2D eigenvalue weighted by Gasteiger charge is -2.29. The first kappa shape index (κ1) is 24.6. The van der Waals surface area contributed by atoms with Gasteiger partial charge in [0.1, 0.15) is 23.4 Å². The predicted octanol–water partition coefficient (Wildman–Crippen LogP) is 6.18. The van der Waals surface area contributed by atoms with Crippen molar-refractivity contribution in [1.29, 1.82) is 0 Å². The molecule has 2 heterocycles. The number of nitrogens with zero attached hydrogens (tertiary/aromatic N) is 2. The molecule has 1 aliphatic heterocycles. The number of phenolic OH excluding ortho intramolecular Hbond substituents is 1. The van der Waals surface area contributed by atoms with Crippen LogP contribution in [0.15, 0.2) is 78.9 Å². The van der Waals surface area contributed by atoms with Crippen molar-refractivity contribution in [2.45, 2.75) is 38.3 Å². The number of hydrogen-bond acceptors (Lipinski definition) is 7. The van der Waals surface area contributed by atoms with Crippen LogP contribution in [-0.4, -0.2) is 40.9 Å². The molecular weight excluding hydrogens is 464 g/mol. The van der Waals surface area contributed by atoms with Gasteiger partial charge in [0.25, 0.3) is 0 Å². The molecule has 1 aliphatic rings. The lowest BCUT2D eigenvalue weighted by atomic mass is 10.0. The third-order valence-electron chi connectivity index (χ3n) is 6.62. The number of methoxy groups -OCH3 is 1. The van der Waals surface area contributed by atoms with E-state index in [0.717, 1.165) is 52.7 Å². The molecule has 37 heavy (non-hydrogen) atoms. The highest BCUT2D eigenvalue weighted by molar-refractivity contribution is 5.71. The number of anilines is 2. The first-order valence-corrected chi connectivity index (χ1v) is 12.7. The van der Waals surface area contributed by atoms with Crippen LogP contribution in [0.1, 0.15) is 26.2 Å². The summed E-state index contributed by atoms with van der Waals surface area (Å²) < 4.78 is 11.5. The van der Waals surface area contributed by atoms with Gasteiger partial charge in [-0.25, -0.2) is 9.97 Å². The fourth-order valence-electron chi connectivity index (χ4n) is 4.52. The molecule has 5 rings (SSSR count). The van der Waals surface area contributed by atoms with E-state index in [1.54, 1.807) is 19.2 Å². The number of aromatic nitrogens is 2. The van der Waals surface area contributed by atoms with Crippen molar-refractivity contribution in [3.63, 3.8) is 0 Å². The number of piperidine rings is 1. The summed E-state index contributed by atoms with van der Waals surface area (Å²) in [5.41, 5.74) is 4.21. The number of hydrogen-bond donors (Lipinski definition) is 3. The van der Waals surface area contributed by atoms with Gasteiger partial charge in [-0.2, -0.15) is 0 Å². The van der Waals surface area contributed by atoms with Crippen LogP contribution in [0.5, 0.6) is 17.2 Å². The van der Waals surface area contributed by atoms with Crippen LogP contribution >= 0.6 is 0 Å². The van der Waals surface area contributed by atoms with Crippen molar-refractivity contribution in [3.05, 3.63) is 78.9 Å². The molecule has 190 valence electrons. The number of nitrogens with one attached hydrogen (secondary N) is 2. The Kier molecular flexibility index (Phi) is 7.51. The number of phenols is 1. The second kappa shape index (κ2) is 11.3. The smallest absolute Gasteiger partial charge is 0.228 e. The van der Waals surface area contributed by atoms with Gasteiger partial charge >= 0.3 is 0 Å². The highest BCUT2D eigenvalue weighted by atomic mass is 16.5. The summed E-state index contributed by atoms with van der Waals surface area (Å²) in [6.07, 6.45) is 3.73. The molecule has 4 aromatic rings. The van der Waals surface area contributed by atoms with E-state index in [2.05, 4.69) is 17.6 Å². The second-order valence-electron chi connectivity index (χ2n) is 9.27. The summed E-state index contributed by atoms with van der Waals surface area (Å²) in [6, 6.07) is 25.0. The fraction of sp³-hybridized carbons (Fsp3) is 0.267. The molecule has 2 unspecified atom stereocenters. The molecule has 0 saturated carbocycles. The Labute approximate surface area is 217 Å². The van der Waals surface area contributed by atoms with Gasteiger partial charge in [0, 0.05) is 22.9 Å². The minimum atomic E-state index is 0.108. The summed E-state index contributed by atoms with van der Waals surface area (Å²) in [4.78, 5) is 9.53. The Morgan fingerprint density at radius 2 is 1.49 bits per heavy atom. The Hall–Kier alpha value is -4.10. The van der Waals surface area contributed by atoms with Gasteiger partial charge in [0.2, 0.25) is 5.95 Å². The van der Waals surface area contributed by atoms with Gasteiger partial charge in [-0.1, -0.05) is 6.42 Å². The van der Waals surface area contributed by atoms with E-state index in [0.29, 0.717) is 12.0 Å². The fourth-order valence-corrected chi connectivity index (χ4v) is 4.52. The van der Waals surface area contributed by atoms with Crippen molar-refractivity contribution in [2.24, 2.45) is 0 Å². The predicted molar refractivity (Wildman–Crippen MR) is 147 cm³/mol. The maximum Gasteiger partial charge on any atom is 0.228 e. The van der Waals surface area contributed by atoms with Crippen LogP contribution in [0.25, 0.3) is 22.5 Å². The van der Waals surface area contributed by atoms with E-state index in [1.807, 2.05) is 66.7 Å². The maximum absolute atomic E-state index is 9.72. The maximum atomic E-state index is 9.72. The van der Waals surface area contributed by atoms with Gasteiger partial charge in [-0.3, -0.25) is 0 Å². The molecule has 1 aromatic heterocycles. The van der Waals surface area contributed by atoms with Crippen molar-refractivity contribution in [2.75, 3.05) is 19.0 Å². The van der Waals surface area contributed by atoms with Crippen molar-refractivity contribution >= 4 is 11.6 Å². The quantitative estimate of drug-likeness (QED) is 0.268. The molecule has 2 atom stereocenters. The lowest BCUT2D eigenvalue weighted by Crippen LogP contribution is -2.44. The molecule has 3 aromatic carbocycles. The molecular formula is C30H32N4O3. The molecule has 0 amide bonds. The molecule has 0 bridgehead atoms. The summed E-state index contributed by atoms with van der Waals surface area (Å²) in [7, 11) is 1.65. The molecule has 0 spiro atoms. The number of ether oxygens (including phenoxy) is 2. The van der Waals surface area contributed by atoms with Crippen LogP contribution in [0.4, 0.5) is 11.6 Å². The van der Waals surface area contributed by atoms with E-state index in [4.69, 9.17) is 19.4 Å². The normalized spacial score (nSPS) is 16.1. The SMILES string of the molecule is COc1ccc(-c2cc(-c3ccc(O)cc3)nc(Nc3ccc(OC(C)C4CCCCN4)cc3)n2)cc1. The van der Waals surface area contributed by atoms with E-state index >= 15 is 0 Å². The number of benzene rings is 3. The minimum absolute atomic E-state index is 0.108. The summed E-state index contributed by atoms with van der Waals surface area (Å²) >= 11 is 0. The van der Waals surface area contributed by atoms with E-state index in [1.165, 1.54) is 12.8 Å². The Morgan fingerprint density at radius 1 is 0.865 bits per heavy atom. The zero-order chi connectivity index (χ0) is 25.6. The van der Waals surface area contributed by atoms with Crippen LogP contribution in [0.2, 0.25) is 0 Å². The van der Waals surface area contributed by atoms with Crippen LogP contribution in [0, 0.1) is 0 Å². The topological polar surface area (TPSA) is 88.5 Å². The van der Waals surface area contributed by atoms with Gasteiger partial charge in [0.15, 0.2) is 0 Å². The lowest BCUT2D eigenvalue weighted by molar-refractivity contribution is 0.152. The summed E-state index contributed by atoms with van der Waals surface area (Å²) in [5.74, 6) is 2.31. The Morgan fingerprint density at radius 3 is 2.08 bits per heavy atom. The number of rotatable bonds is 8. The molecule has 3 N–H and O–H groups in total. The summed E-state index contributed by atoms with van der Waals surface area (Å²) in [5, 5.41) is 16.6. The zero-order valence-electron chi connectivity index (χ0n) is 21.1. The minimum Gasteiger partial charge on any atom is -0.508 e. The molecule has 0 radical (unpaired) electrons. The van der Waals surface area contributed by atoms with Gasteiger partial charge in [-0.15, -0.1) is 0 Å². The first-order valence-electron chi connectivity index (χ1n) is 12.7. The Balaban J connectivity index is 1.38. The molecule has 1 fully saturated rings. The van der Waals surface area contributed by atoms with Gasteiger partial charge in [0.05, 0.1) is 18.5 Å².